The highest BCUT2D eigenvalue weighted by atomic mass is 16.2. The molecule has 1 unspecified atom stereocenters. The van der Waals surface area contributed by atoms with Crippen LogP contribution in [0.4, 0.5) is 0 Å². The van der Waals surface area contributed by atoms with Crippen LogP contribution in [-0.4, -0.2) is 26.4 Å². The number of benzene rings is 1. The van der Waals surface area contributed by atoms with Gasteiger partial charge >= 0.3 is 0 Å². The lowest BCUT2D eigenvalue weighted by Crippen LogP contribution is -2.35. The first-order chi connectivity index (χ1) is 12.6. The Labute approximate surface area is 149 Å². The summed E-state index contributed by atoms with van der Waals surface area (Å²) in [6, 6.07) is 9.69. The fraction of sp³-hybridized carbons (Fsp3) is 0.263. The van der Waals surface area contributed by atoms with Crippen molar-refractivity contribution in [1.82, 2.24) is 19.9 Å². The lowest BCUT2D eigenvalue weighted by atomic mass is 9.83. The summed E-state index contributed by atoms with van der Waals surface area (Å²) in [5, 5.41) is 7.25. The van der Waals surface area contributed by atoms with E-state index in [1.54, 1.807) is 6.07 Å². The van der Waals surface area contributed by atoms with Crippen LogP contribution in [0.1, 0.15) is 62.5 Å². The minimum atomic E-state index is -0.572. The molecule has 130 valence electrons. The van der Waals surface area contributed by atoms with Crippen LogP contribution in [0.15, 0.2) is 36.5 Å². The van der Waals surface area contributed by atoms with Gasteiger partial charge in [0, 0.05) is 12.1 Å². The highest BCUT2D eigenvalue weighted by Gasteiger charge is 2.34. The van der Waals surface area contributed by atoms with Crippen molar-refractivity contribution in [3.63, 3.8) is 0 Å². The van der Waals surface area contributed by atoms with Gasteiger partial charge in [0.1, 0.15) is 0 Å². The number of fused-ring (bicyclic) bond motifs is 2. The predicted octanol–water partition coefficient (Wildman–Crippen LogP) is 1.73. The molecule has 2 heterocycles. The molecule has 1 fully saturated rings. The van der Waals surface area contributed by atoms with Gasteiger partial charge in [-0.3, -0.25) is 9.59 Å². The van der Waals surface area contributed by atoms with Gasteiger partial charge < -0.3 is 11.1 Å². The van der Waals surface area contributed by atoms with Crippen molar-refractivity contribution in [3.05, 3.63) is 64.6 Å². The van der Waals surface area contributed by atoms with Gasteiger partial charge in [0.15, 0.2) is 11.3 Å². The van der Waals surface area contributed by atoms with Gasteiger partial charge in [-0.1, -0.05) is 24.3 Å². The molecule has 3 aromatic rings. The van der Waals surface area contributed by atoms with Crippen molar-refractivity contribution in [2.45, 2.75) is 31.2 Å². The third kappa shape index (κ3) is 2.20. The molecule has 2 aliphatic rings. The monoisotopic (exact) mass is 347 g/mol. The van der Waals surface area contributed by atoms with Gasteiger partial charge in [-0.2, -0.15) is 5.10 Å². The maximum atomic E-state index is 12.8. The summed E-state index contributed by atoms with van der Waals surface area (Å²) < 4.78 is 1.40. The van der Waals surface area contributed by atoms with Gasteiger partial charge in [-0.25, -0.2) is 9.50 Å². The van der Waals surface area contributed by atoms with E-state index in [9.17, 15) is 9.59 Å². The normalized spacial score (nSPS) is 18.2. The Bertz CT molecular complexity index is 1070. The predicted molar refractivity (Wildman–Crippen MR) is 93.8 cm³/mol. The van der Waals surface area contributed by atoms with E-state index in [0.717, 1.165) is 24.8 Å². The van der Waals surface area contributed by atoms with E-state index in [4.69, 9.17) is 5.73 Å². The Morgan fingerprint density at radius 3 is 2.73 bits per heavy atom. The lowest BCUT2D eigenvalue weighted by molar-refractivity contribution is 0.0931. The Kier molecular flexibility index (Phi) is 3.12. The van der Waals surface area contributed by atoms with Crippen molar-refractivity contribution in [2.75, 3.05) is 0 Å². The fourth-order valence-electron chi connectivity index (χ4n) is 3.64. The quantitative estimate of drug-likeness (QED) is 0.750. The molecule has 7 nitrogen and oxygen atoms in total. The van der Waals surface area contributed by atoms with E-state index < -0.39 is 5.91 Å². The van der Waals surface area contributed by atoms with E-state index in [0.29, 0.717) is 16.9 Å². The molecule has 0 aliphatic heterocycles. The Balaban J connectivity index is 1.52. The molecule has 2 aromatic heterocycles. The zero-order valence-corrected chi connectivity index (χ0v) is 14.0. The maximum absolute atomic E-state index is 12.8. The van der Waals surface area contributed by atoms with Gasteiger partial charge in [-0.15, -0.1) is 0 Å². The molecule has 0 radical (unpaired) electrons. The number of carbonyl (C=O) groups is 2. The number of hydrogen-bond donors (Lipinski definition) is 2. The molecule has 2 amide bonds. The van der Waals surface area contributed by atoms with Gasteiger partial charge in [-0.05, 0) is 36.5 Å². The van der Waals surface area contributed by atoms with Crippen molar-refractivity contribution in [1.29, 1.82) is 0 Å². The number of amides is 2. The Morgan fingerprint density at radius 1 is 1.19 bits per heavy atom. The van der Waals surface area contributed by atoms with Crippen LogP contribution < -0.4 is 11.1 Å². The molecular weight excluding hydrogens is 330 g/mol. The standard InChI is InChI=1S/C19H17N5O2/c20-17(25)16-15(10-5-6-10)23-18-13(7-8-21-24(16)18)19(26)22-14-9-11-3-1-2-4-12(11)14/h1-4,7-8,10,14H,5-6,9H2,(H2,20,25)(H,22,26). The second-order valence-corrected chi connectivity index (χ2v) is 6.89. The first kappa shape index (κ1) is 15.1. The van der Waals surface area contributed by atoms with Crippen molar-refractivity contribution < 1.29 is 9.59 Å². The number of nitrogens with zero attached hydrogens (tertiary/aromatic N) is 3. The highest BCUT2D eigenvalue weighted by Crippen LogP contribution is 2.41. The second-order valence-electron chi connectivity index (χ2n) is 6.89. The number of imidazole rings is 1. The molecule has 1 atom stereocenters. The summed E-state index contributed by atoms with van der Waals surface area (Å²) >= 11 is 0. The van der Waals surface area contributed by atoms with Crippen molar-refractivity contribution >= 4 is 17.5 Å². The molecule has 0 bridgehead atoms. The molecule has 26 heavy (non-hydrogen) atoms. The van der Waals surface area contributed by atoms with Crippen LogP contribution in [0, 0.1) is 0 Å². The van der Waals surface area contributed by atoms with Crippen LogP contribution in [0.25, 0.3) is 5.65 Å². The Hall–Kier alpha value is -3.22. The van der Waals surface area contributed by atoms with E-state index in [1.807, 2.05) is 18.2 Å². The molecule has 0 saturated heterocycles. The number of aromatic nitrogens is 3. The zero-order valence-electron chi connectivity index (χ0n) is 14.0. The van der Waals surface area contributed by atoms with Crippen molar-refractivity contribution in [2.24, 2.45) is 5.73 Å². The molecule has 5 rings (SSSR count). The summed E-state index contributed by atoms with van der Waals surface area (Å²) in [7, 11) is 0. The van der Waals surface area contributed by atoms with E-state index in [1.165, 1.54) is 16.3 Å². The number of carbonyl (C=O) groups excluding carboxylic acids is 2. The summed E-state index contributed by atoms with van der Waals surface area (Å²) in [5.41, 5.74) is 9.66. The topological polar surface area (TPSA) is 102 Å². The molecule has 0 spiro atoms. The molecule has 2 aliphatic carbocycles. The van der Waals surface area contributed by atoms with Gasteiger partial charge in [0.25, 0.3) is 11.8 Å². The number of rotatable bonds is 4. The average Bonchev–Trinajstić information content (AvgIpc) is 3.38. The van der Waals surface area contributed by atoms with Gasteiger partial charge in [0.2, 0.25) is 0 Å². The summed E-state index contributed by atoms with van der Waals surface area (Å²) in [6.45, 7) is 0. The van der Waals surface area contributed by atoms with Gasteiger partial charge in [0.05, 0.1) is 17.3 Å². The summed E-state index contributed by atoms with van der Waals surface area (Å²) in [6.07, 6.45) is 4.27. The largest absolute Gasteiger partial charge is 0.364 e. The number of nitrogens with two attached hydrogens (primary N) is 1. The van der Waals surface area contributed by atoms with Crippen LogP contribution >= 0.6 is 0 Å². The minimum absolute atomic E-state index is 0.000362. The molecule has 1 aromatic carbocycles. The smallest absolute Gasteiger partial charge is 0.269 e. The third-order valence-electron chi connectivity index (χ3n) is 5.15. The lowest BCUT2D eigenvalue weighted by Gasteiger charge is -2.30. The molecule has 3 N–H and O–H groups in total. The first-order valence-corrected chi connectivity index (χ1v) is 8.69. The maximum Gasteiger partial charge on any atom is 0.269 e. The van der Waals surface area contributed by atoms with Crippen LogP contribution in [0.3, 0.4) is 0 Å². The van der Waals surface area contributed by atoms with Crippen LogP contribution in [0.2, 0.25) is 0 Å². The number of hydrogen-bond acceptors (Lipinski definition) is 4. The number of nitrogens with one attached hydrogen (secondary N) is 1. The summed E-state index contributed by atoms with van der Waals surface area (Å²) in [4.78, 5) is 29.3. The molecule has 1 saturated carbocycles. The molecule has 7 heteroatoms. The Morgan fingerprint density at radius 2 is 2.00 bits per heavy atom. The van der Waals surface area contributed by atoms with Crippen LogP contribution in [0.5, 0.6) is 0 Å². The van der Waals surface area contributed by atoms with Crippen LogP contribution in [-0.2, 0) is 6.42 Å². The summed E-state index contributed by atoms with van der Waals surface area (Å²) in [5.74, 6) is -0.564. The fourth-order valence-corrected chi connectivity index (χ4v) is 3.64. The average molecular weight is 347 g/mol. The third-order valence-corrected chi connectivity index (χ3v) is 5.15. The second kappa shape index (κ2) is 5.39. The SMILES string of the molecule is NC(=O)c1c(C2CC2)nc2c(C(=O)NC3Cc4ccccc43)ccnn12. The highest BCUT2D eigenvalue weighted by molar-refractivity contribution is 6.01. The van der Waals surface area contributed by atoms with E-state index >= 15 is 0 Å². The minimum Gasteiger partial charge on any atom is -0.364 e. The van der Waals surface area contributed by atoms with E-state index in [2.05, 4.69) is 21.5 Å². The number of primary amides is 1. The molecular formula is C19H17N5O2. The van der Waals surface area contributed by atoms with E-state index in [-0.39, 0.29) is 23.6 Å². The van der Waals surface area contributed by atoms with Crippen molar-refractivity contribution in [3.8, 4) is 0 Å². The zero-order chi connectivity index (χ0) is 17.8. The first-order valence-electron chi connectivity index (χ1n) is 8.69.